The Balaban J connectivity index is 1.61. The zero-order valence-electron chi connectivity index (χ0n) is 14.1. The number of aryl methyl sites for hydroxylation is 1. The minimum Gasteiger partial charge on any atom is -0.353 e. The maximum atomic E-state index is 12.2. The number of hydrogen-bond acceptors (Lipinski definition) is 7. The predicted octanol–water partition coefficient (Wildman–Crippen LogP) is 2.11. The smallest absolute Gasteiger partial charge is 0.323 e. The Hall–Kier alpha value is -2.29. The minimum absolute atomic E-state index is 0.131. The quantitative estimate of drug-likeness (QED) is 0.915. The fourth-order valence-electron chi connectivity index (χ4n) is 2.53. The summed E-state index contributed by atoms with van der Waals surface area (Å²) in [5, 5.41) is 10.8. The van der Waals surface area contributed by atoms with Gasteiger partial charge in [-0.15, -0.1) is 10.2 Å². The van der Waals surface area contributed by atoms with Crippen molar-refractivity contribution in [2.24, 2.45) is 0 Å². The number of amides is 2. The molecule has 1 aliphatic rings. The number of anilines is 2. The molecule has 1 aliphatic heterocycles. The van der Waals surface area contributed by atoms with E-state index in [1.807, 2.05) is 13.0 Å². The molecule has 1 fully saturated rings. The highest BCUT2D eigenvalue weighted by atomic mass is 32.1. The van der Waals surface area contributed by atoms with Crippen LogP contribution in [0.25, 0.3) is 0 Å². The van der Waals surface area contributed by atoms with Gasteiger partial charge in [0.25, 0.3) is 0 Å². The Kier molecular flexibility index (Phi) is 4.89. The lowest BCUT2D eigenvalue weighted by molar-refractivity contribution is 0.208. The van der Waals surface area contributed by atoms with Crippen molar-refractivity contribution in [3.05, 3.63) is 23.1 Å². The lowest BCUT2D eigenvalue weighted by atomic mass is 10.2. The normalized spacial score (nSPS) is 15.0. The van der Waals surface area contributed by atoms with Crippen LogP contribution in [0.4, 0.5) is 15.7 Å². The second-order valence-corrected chi connectivity index (χ2v) is 6.86. The minimum atomic E-state index is -0.131. The van der Waals surface area contributed by atoms with Gasteiger partial charge in [0, 0.05) is 43.9 Å². The number of nitrogens with one attached hydrogen (secondary N) is 1. The molecule has 0 unspecified atom stereocenters. The first-order valence-electron chi connectivity index (χ1n) is 7.95. The Morgan fingerprint density at radius 3 is 2.62 bits per heavy atom. The molecule has 3 heterocycles. The van der Waals surface area contributed by atoms with Gasteiger partial charge in [-0.05, 0) is 6.92 Å². The van der Waals surface area contributed by atoms with E-state index in [0.29, 0.717) is 24.1 Å². The van der Waals surface area contributed by atoms with Crippen molar-refractivity contribution < 1.29 is 4.79 Å². The molecule has 24 heavy (non-hydrogen) atoms. The second kappa shape index (κ2) is 7.08. The van der Waals surface area contributed by atoms with Gasteiger partial charge in [-0.1, -0.05) is 25.2 Å². The molecule has 0 bridgehead atoms. The van der Waals surface area contributed by atoms with Crippen molar-refractivity contribution >= 4 is 28.3 Å². The van der Waals surface area contributed by atoms with E-state index < -0.39 is 0 Å². The van der Waals surface area contributed by atoms with E-state index in [0.717, 1.165) is 30.4 Å². The van der Waals surface area contributed by atoms with E-state index in [2.05, 4.69) is 44.2 Å². The summed E-state index contributed by atoms with van der Waals surface area (Å²) in [5.41, 5.74) is 2.57. The Bertz CT molecular complexity index is 696. The van der Waals surface area contributed by atoms with Gasteiger partial charge < -0.3 is 9.80 Å². The zero-order valence-corrected chi connectivity index (χ0v) is 14.9. The van der Waals surface area contributed by atoms with Gasteiger partial charge >= 0.3 is 6.03 Å². The fraction of sp³-hybridized carbons (Fsp3) is 0.533. The molecule has 9 heteroatoms. The number of piperazine rings is 1. The Labute approximate surface area is 144 Å². The maximum absolute atomic E-state index is 12.2. The first-order valence-corrected chi connectivity index (χ1v) is 8.83. The van der Waals surface area contributed by atoms with E-state index in [1.165, 1.54) is 11.3 Å². The molecule has 0 atom stereocenters. The SMILES string of the molecule is Cc1cc(N2CCN(C(=O)Nc3nncs3)CC2)nc(C(C)C)n1. The van der Waals surface area contributed by atoms with Gasteiger partial charge in [0.15, 0.2) is 0 Å². The summed E-state index contributed by atoms with van der Waals surface area (Å²) >= 11 is 1.31. The van der Waals surface area contributed by atoms with Gasteiger partial charge in [0.2, 0.25) is 5.13 Å². The number of hydrogen-bond donors (Lipinski definition) is 1. The topological polar surface area (TPSA) is 87.1 Å². The maximum Gasteiger partial charge on any atom is 0.323 e. The number of nitrogens with zero attached hydrogens (tertiary/aromatic N) is 6. The van der Waals surface area contributed by atoms with Crippen LogP contribution in [0, 0.1) is 6.92 Å². The lowest BCUT2D eigenvalue weighted by Gasteiger charge is -2.35. The Morgan fingerprint density at radius 1 is 1.25 bits per heavy atom. The van der Waals surface area contributed by atoms with Crippen LogP contribution in [0.2, 0.25) is 0 Å². The molecule has 0 spiro atoms. The summed E-state index contributed by atoms with van der Waals surface area (Å²) in [7, 11) is 0. The third kappa shape index (κ3) is 3.78. The molecule has 128 valence electrons. The van der Waals surface area contributed by atoms with E-state index in [-0.39, 0.29) is 6.03 Å². The molecule has 1 N–H and O–H groups in total. The summed E-state index contributed by atoms with van der Waals surface area (Å²) in [5.74, 6) is 2.10. The molecule has 2 aromatic heterocycles. The number of urea groups is 1. The van der Waals surface area contributed by atoms with Crippen LogP contribution in [-0.2, 0) is 0 Å². The summed E-state index contributed by atoms with van der Waals surface area (Å²) < 4.78 is 0. The van der Waals surface area contributed by atoms with Crippen molar-refractivity contribution in [3.8, 4) is 0 Å². The van der Waals surface area contributed by atoms with Gasteiger partial charge in [-0.25, -0.2) is 14.8 Å². The van der Waals surface area contributed by atoms with Gasteiger partial charge in [0.1, 0.15) is 17.2 Å². The van der Waals surface area contributed by atoms with Gasteiger partial charge in [-0.2, -0.15) is 0 Å². The van der Waals surface area contributed by atoms with E-state index >= 15 is 0 Å². The molecule has 2 amide bonds. The molecule has 0 aliphatic carbocycles. The summed E-state index contributed by atoms with van der Waals surface area (Å²) in [6, 6.07) is 1.87. The molecule has 0 saturated carbocycles. The van der Waals surface area contributed by atoms with E-state index in [4.69, 9.17) is 0 Å². The predicted molar refractivity (Wildman–Crippen MR) is 93.6 cm³/mol. The first kappa shape index (κ1) is 16.6. The van der Waals surface area contributed by atoms with Crippen molar-refractivity contribution in [1.29, 1.82) is 0 Å². The van der Waals surface area contributed by atoms with Crippen molar-refractivity contribution in [2.45, 2.75) is 26.7 Å². The largest absolute Gasteiger partial charge is 0.353 e. The molecule has 3 rings (SSSR count). The van der Waals surface area contributed by atoms with Crippen LogP contribution in [0.3, 0.4) is 0 Å². The number of rotatable bonds is 3. The molecule has 0 radical (unpaired) electrons. The zero-order chi connectivity index (χ0) is 17.1. The molecule has 8 nitrogen and oxygen atoms in total. The molecule has 1 saturated heterocycles. The van der Waals surface area contributed by atoms with E-state index in [1.54, 1.807) is 10.4 Å². The van der Waals surface area contributed by atoms with Gasteiger partial charge in [-0.3, -0.25) is 5.32 Å². The molecular formula is C15H21N7OS. The van der Waals surface area contributed by atoms with Crippen molar-refractivity contribution in [1.82, 2.24) is 25.1 Å². The van der Waals surface area contributed by atoms with Crippen molar-refractivity contribution in [2.75, 3.05) is 36.4 Å². The summed E-state index contributed by atoms with van der Waals surface area (Å²) in [6.07, 6.45) is 0. The average Bonchev–Trinajstić information content (AvgIpc) is 3.07. The third-order valence-corrected chi connectivity index (χ3v) is 4.45. The number of aromatic nitrogens is 4. The van der Waals surface area contributed by atoms with Crippen molar-refractivity contribution in [3.63, 3.8) is 0 Å². The lowest BCUT2D eigenvalue weighted by Crippen LogP contribution is -2.50. The number of carbonyl (C=O) groups is 1. The number of carbonyl (C=O) groups excluding carboxylic acids is 1. The van der Waals surface area contributed by atoms with E-state index in [9.17, 15) is 4.79 Å². The Morgan fingerprint density at radius 2 is 2.00 bits per heavy atom. The summed E-state index contributed by atoms with van der Waals surface area (Å²) in [4.78, 5) is 25.4. The van der Waals surface area contributed by atoms with Crippen LogP contribution in [0.5, 0.6) is 0 Å². The van der Waals surface area contributed by atoms with Crippen LogP contribution < -0.4 is 10.2 Å². The standard InChI is InChI=1S/C15H21N7OS/c1-10(2)13-17-11(3)8-12(18-13)21-4-6-22(7-5-21)15(23)19-14-20-16-9-24-14/h8-10H,4-7H2,1-3H3,(H,19,20,23). The molecule has 2 aromatic rings. The third-order valence-electron chi connectivity index (χ3n) is 3.84. The monoisotopic (exact) mass is 347 g/mol. The van der Waals surface area contributed by atoms with Crippen LogP contribution >= 0.6 is 11.3 Å². The highest BCUT2D eigenvalue weighted by Crippen LogP contribution is 2.19. The summed E-state index contributed by atoms with van der Waals surface area (Å²) in [6.45, 7) is 8.95. The van der Waals surface area contributed by atoms with Gasteiger partial charge in [0.05, 0.1) is 0 Å². The van der Waals surface area contributed by atoms with Crippen LogP contribution in [0.1, 0.15) is 31.3 Å². The highest BCUT2D eigenvalue weighted by molar-refractivity contribution is 7.13. The fourth-order valence-corrected chi connectivity index (χ4v) is 2.97. The molecular weight excluding hydrogens is 326 g/mol. The van der Waals surface area contributed by atoms with Crippen LogP contribution in [-0.4, -0.2) is 57.3 Å². The second-order valence-electron chi connectivity index (χ2n) is 6.03. The average molecular weight is 347 g/mol. The van der Waals surface area contributed by atoms with Crippen LogP contribution in [0.15, 0.2) is 11.6 Å². The first-order chi connectivity index (χ1) is 11.5. The highest BCUT2D eigenvalue weighted by Gasteiger charge is 2.23. The molecule has 0 aromatic carbocycles.